The summed E-state index contributed by atoms with van der Waals surface area (Å²) in [5.74, 6) is 0. The van der Waals surface area contributed by atoms with Crippen molar-refractivity contribution in [2.75, 3.05) is 26.2 Å². The number of aliphatic hydroxyl groups is 1. The molecule has 1 rings (SSSR count). The second-order valence-electron chi connectivity index (χ2n) is 3.28. The van der Waals surface area contributed by atoms with Crippen LogP contribution < -0.4 is 0 Å². The van der Waals surface area contributed by atoms with Crippen molar-refractivity contribution in [2.45, 2.75) is 19.9 Å². The Morgan fingerprint density at radius 2 is 2.29 bits per heavy atom. The maximum atomic E-state index is 8.72. The average molecular weight is 197 g/mol. The molecule has 80 valence electrons. The van der Waals surface area contributed by atoms with Crippen molar-refractivity contribution in [2.24, 2.45) is 0 Å². The SMILES string of the molecule is CCN(CCCO)CCn1cccn1. The van der Waals surface area contributed by atoms with Crippen LogP contribution in [0.2, 0.25) is 0 Å². The molecule has 0 atom stereocenters. The molecule has 0 radical (unpaired) electrons. The van der Waals surface area contributed by atoms with Gasteiger partial charge in [-0.25, -0.2) is 0 Å². The summed E-state index contributed by atoms with van der Waals surface area (Å²) in [7, 11) is 0. The third-order valence-corrected chi connectivity index (χ3v) is 2.28. The van der Waals surface area contributed by atoms with Crippen LogP contribution in [-0.4, -0.2) is 46.0 Å². The zero-order valence-electron chi connectivity index (χ0n) is 8.76. The van der Waals surface area contributed by atoms with Crippen LogP contribution in [0.1, 0.15) is 13.3 Å². The summed E-state index contributed by atoms with van der Waals surface area (Å²) < 4.78 is 1.93. The van der Waals surface area contributed by atoms with Crippen LogP contribution >= 0.6 is 0 Å². The maximum absolute atomic E-state index is 8.72. The van der Waals surface area contributed by atoms with Crippen molar-refractivity contribution in [1.29, 1.82) is 0 Å². The highest BCUT2D eigenvalue weighted by atomic mass is 16.3. The van der Waals surface area contributed by atoms with Crippen molar-refractivity contribution in [3.8, 4) is 0 Å². The summed E-state index contributed by atoms with van der Waals surface area (Å²) in [6, 6.07) is 1.93. The fraction of sp³-hybridized carbons (Fsp3) is 0.700. The van der Waals surface area contributed by atoms with Gasteiger partial charge in [0.25, 0.3) is 0 Å². The van der Waals surface area contributed by atoms with E-state index in [0.29, 0.717) is 0 Å². The lowest BCUT2D eigenvalue weighted by Gasteiger charge is -2.19. The number of hydrogen-bond donors (Lipinski definition) is 1. The van der Waals surface area contributed by atoms with Crippen molar-refractivity contribution in [3.05, 3.63) is 18.5 Å². The second kappa shape index (κ2) is 6.56. The molecule has 0 saturated heterocycles. The molecule has 0 spiro atoms. The van der Waals surface area contributed by atoms with E-state index in [1.165, 1.54) is 0 Å². The Balaban J connectivity index is 2.20. The number of nitrogens with zero attached hydrogens (tertiary/aromatic N) is 3. The van der Waals surface area contributed by atoms with Gasteiger partial charge in [0, 0.05) is 32.1 Å². The highest BCUT2D eigenvalue weighted by Crippen LogP contribution is 1.93. The molecule has 14 heavy (non-hydrogen) atoms. The van der Waals surface area contributed by atoms with E-state index < -0.39 is 0 Å². The Bertz CT molecular complexity index is 223. The molecule has 0 aliphatic heterocycles. The molecule has 0 saturated carbocycles. The third kappa shape index (κ3) is 3.89. The van der Waals surface area contributed by atoms with E-state index in [0.717, 1.165) is 32.6 Å². The minimum atomic E-state index is 0.276. The third-order valence-electron chi connectivity index (χ3n) is 2.28. The monoisotopic (exact) mass is 197 g/mol. The van der Waals surface area contributed by atoms with Crippen LogP contribution in [0.15, 0.2) is 18.5 Å². The quantitative estimate of drug-likeness (QED) is 0.695. The lowest BCUT2D eigenvalue weighted by Crippen LogP contribution is -2.29. The molecular formula is C10H19N3O. The fourth-order valence-electron chi connectivity index (χ4n) is 1.40. The Kier molecular flexibility index (Phi) is 5.25. The Labute approximate surface area is 85.1 Å². The molecule has 1 heterocycles. The number of hydrogen-bond acceptors (Lipinski definition) is 3. The predicted octanol–water partition coefficient (Wildman–Crippen LogP) is 0.587. The van der Waals surface area contributed by atoms with Crippen LogP contribution in [0, 0.1) is 0 Å². The van der Waals surface area contributed by atoms with Gasteiger partial charge in [-0.2, -0.15) is 5.10 Å². The standard InChI is InChI=1S/C10H19N3O/c1-2-12(6-4-10-14)8-9-13-7-3-5-11-13/h3,5,7,14H,2,4,6,8-10H2,1H3. The van der Waals surface area contributed by atoms with Crippen LogP contribution in [0.3, 0.4) is 0 Å². The van der Waals surface area contributed by atoms with Crippen LogP contribution in [0.25, 0.3) is 0 Å². The summed E-state index contributed by atoms with van der Waals surface area (Å²) in [4.78, 5) is 2.32. The number of aliphatic hydroxyl groups excluding tert-OH is 1. The highest BCUT2D eigenvalue weighted by molar-refractivity contribution is 4.77. The van der Waals surface area contributed by atoms with Crippen LogP contribution in [-0.2, 0) is 6.54 Å². The van der Waals surface area contributed by atoms with Crippen LogP contribution in [0.5, 0.6) is 0 Å². The first kappa shape index (κ1) is 11.2. The zero-order valence-corrected chi connectivity index (χ0v) is 8.76. The minimum absolute atomic E-state index is 0.276. The number of rotatable bonds is 7. The van der Waals surface area contributed by atoms with E-state index in [4.69, 9.17) is 5.11 Å². The van der Waals surface area contributed by atoms with Crippen molar-refractivity contribution < 1.29 is 5.11 Å². The van der Waals surface area contributed by atoms with Gasteiger partial charge >= 0.3 is 0 Å². The first-order chi connectivity index (χ1) is 6.86. The molecule has 4 nitrogen and oxygen atoms in total. The lowest BCUT2D eigenvalue weighted by atomic mass is 10.4. The number of likely N-dealkylation sites (N-methyl/N-ethyl adjacent to an activating group) is 1. The molecule has 0 bridgehead atoms. The smallest absolute Gasteiger partial charge is 0.0536 e. The molecule has 1 aromatic rings. The van der Waals surface area contributed by atoms with Crippen LogP contribution in [0.4, 0.5) is 0 Å². The lowest BCUT2D eigenvalue weighted by molar-refractivity contribution is 0.223. The molecule has 0 fully saturated rings. The largest absolute Gasteiger partial charge is 0.396 e. The molecule has 0 unspecified atom stereocenters. The van der Waals surface area contributed by atoms with Gasteiger partial charge in [-0.15, -0.1) is 0 Å². The normalized spacial score (nSPS) is 11.1. The molecule has 4 heteroatoms. The van der Waals surface area contributed by atoms with Crippen molar-refractivity contribution in [3.63, 3.8) is 0 Å². The summed E-state index contributed by atoms with van der Waals surface area (Å²) in [5.41, 5.74) is 0. The molecule has 1 aromatic heterocycles. The Hall–Kier alpha value is -0.870. The van der Waals surface area contributed by atoms with Gasteiger partial charge in [-0.3, -0.25) is 4.68 Å². The highest BCUT2D eigenvalue weighted by Gasteiger charge is 2.01. The first-order valence-corrected chi connectivity index (χ1v) is 5.17. The first-order valence-electron chi connectivity index (χ1n) is 5.17. The number of aromatic nitrogens is 2. The van der Waals surface area contributed by atoms with E-state index in [-0.39, 0.29) is 6.61 Å². The maximum Gasteiger partial charge on any atom is 0.0536 e. The molecule has 1 N–H and O–H groups in total. The van der Waals surface area contributed by atoms with Crippen molar-refractivity contribution in [1.82, 2.24) is 14.7 Å². The molecular weight excluding hydrogens is 178 g/mol. The molecule has 0 aromatic carbocycles. The van der Waals surface area contributed by atoms with E-state index in [2.05, 4.69) is 16.9 Å². The van der Waals surface area contributed by atoms with Gasteiger partial charge in [0.05, 0.1) is 6.54 Å². The summed E-state index contributed by atoms with van der Waals surface area (Å²) in [6.07, 6.45) is 4.62. The van der Waals surface area contributed by atoms with Gasteiger partial charge in [-0.05, 0) is 19.0 Å². The predicted molar refractivity (Wildman–Crippen MR) is 56.0 cm³/mol. The molecule has 0 aliphatic carbocycles. The summed E-state index contributed by atoms with van der Waals surface area (Å²) >= 11 is 0. The van der Waals surface area contributed by atoms with E-state index in [1.807, 2.05) is 16.9 Å². The Morgan fingerprint density at radius 3 is 2.86 bits per heavy atom. The summed E-state index contributed by atoms with van der Waals surface area (Å²) in [6.45, 7) is 6.33. The summed E-state index contributed by atoms with van der Waals surface area (Å²) in [5, 5.41) is 12.9. The van der Waals surface area contributed by atoms with Crippen molar-refractivity contribution >= 4 is 0 Å². The minimum Gasteiger partial charge on any atom is -0.396 e. The van der Waals surface area contributed by atoms with Gasteiger partial charge in [-0.1, -0.05) is 6.92 Å². The van der Waals surface area contributed by atoms with E-state index in [9.17, 15) is 0 Å². The fourth-order valence-corrected chi connectivity index (χ4v) is 1.40. The molecule has 0 amide bonds. The van der Waals surface area contributed by atoms with Gasteiger partial charge in [0.2, 0.25) is 0 Å². The topological polar surface area (TPSA) is 41.3 Å². The van der Waals surface area contributed by atoms with Gasteiger partial charge < -0.3 is 10.0 Å². The van der Waals surface area contributed by atoms with Gasteiger partial charge in [0.15, 0.2) is 0 Å². The zero-order chi connectivity index (χ0) is 10.2. The average Bonchev–Trinajstić information content (AvgIpc) is 2.71. The molecule has 0 aliphatic rings. The Morgan fingerprint density at radius 1 is 1.43 bits per heavy atom. The second-order valence-corrected chi connectivity index (χ2v) is 3.28. The van der Waals surface area contributed by atoms with E-state index >= 15 is 0 Å². The van der Waals surface area contributed by atoms with E-state index in [1.54, 1.807) is 6.20 Å². The van der Waals surface area contributed by atoms with Gasteiger partial charge in [0.1, 0.15) is 0 Å².